The Balaban J connectivity index is 1.62. The van der Waals surface area contributed by atoms with Gasteiger partial charge in [0.25, 0.3) is 17.3 Å². The Morgan fingerprint density at radius 3 is 2.50 bits per heavy atom. The first-order chi connectivity index (χ1) is 15.3. The molecule has 14 heteroatoms. The van der Waals surface area contributed by atoms with Gasteiger partial charge in [-0.15, -0.1) is 10.2 Å². The van der Waals surface area contributed by atoms with Crippen LogP contribution in [-0.4, -0.2) is 38.1 Å². The van der Waals surface area contributed by atoms with E-state index in [-0.39, 0.29) is 22.1 Å². The number of hydrogen-bond donors (Lipinski definition) is 2. The number of aromatic nitrogens is 2. The molecule has 0 saturated carbocycles. The van der Waals surface area contributed by atoms with Crippen molar-refractivity contribution >= 4 is 45.9 Å². The van der Waals surface area contributed by atoms with Crippen LogP contribution >= 0.6 is 11.3 Å². The van der Waals surface area contributed by atoms with Crippen LogP contribution in [0.15, 0.2) is 53.6 Å². The van der Waals surface area contributed by atoms with E-state index in [0.29, 0.717) is 6.07 Å². The molecule has 0 atom stereocenters. The minimum atomic E-state index is -0.897. The fraction of sp³-hybridized carbons (Fsp3) is 0.0556. The molecule has 0 unspecified atom stereocenters. The van der Waals surface area contributed by atoms with Crippen molar-refractivity contribution in [2.75, 3.05) is 5.32 Å². The summed E-state index contributed by atoms with van der Waals surface area (Å²) in [6.45, 7) is 0. The average Bonchev–Trinajstić information content (AvgIpc) is 3.20. The van der Waals surface area contributed by atoms with Crippen molar-refractivity contribution in [3.8, 4) is 0 Å². The molecular formula is C18H13N7O6S. The number of nitro groups is 2. The lowest BCUT2D eigenvalue weighted by atomic mass is 10.1. The average molecular weight is 455 g/mol. The zero-order chi connectivity index (χ0) is 23.1. The van der Waals surface area contributed by atoms with Gasteiger partial charge in [0.15, 0.2) is 0 Å². The number of hydrogen-bond acceptors (Lipinski definition) is 10. The molecule has 0 bridgehead atoms. The van der Waals surface area contributed by atoms with Gasteiger partial charge in [0.2, 0.25) is 11.0 Å². The van der Waals surface area contributed by atoms with Crippen molar-refractivity contribution in [1.82, 2.24) is 15.6 Å². The maximum absolute atomic E-state index is 12.4. The summed E-state index contributed by atoms with van der Waals surface area (Å²) in [6.07, 6.45) is 1.32. The van der Waals surface area contributed by atoms with Gasteiger partial charge in [0, 0.05) is 6.07 Å². The summed E-state index contributed by atoms with van der Waals surface area (Å²) in [5, 5.41) is 35.9. The smallest absolute Gasteiger partial charge is 0.289 e. The molecule has 0 aliphatic carbocycles. The minimum Gasteiger partial charge on any atom is -0.296 e. The highest BCUT2D eigenvalue weighted by Gasteiger charge is 2.25. The van der Waals surface area contributed by atoms with E-state index in [9.17, 15) is 29.8 Å². The lowest BCUT2D eigenvalue weighted by Crippen LogP contribution is -2.19. The summed E-state index contributed by atoms with van der Waals surface area (Å²) in [5.41, 5.74) is 1.51. The van der Waals surface area contributed by atoms with E-state index in [1.807, 2.05) is 30.3 Å². The summed E-state index contributed by atoms with van der Waals surface area (Å²) in [7, 11) is 0. The number of rotatable bonds is 8. The van der Waals surface area contributed by atoms with E-state index >= 15 is 0 Å². The number of non-ortho nitro benzene ring substituents is 1. The number of carbonyl (C=O) groups excluding carboxylic acids is 2. The third kappa shape index (κ3) is 5.73. The number of amides is 2. The normalized spacial score (nSPS) is 10.6. The Morgan fingerprint density at radius 1 is 1.06 bits per heavy atom. The van der Waals surface area contributed by atoms with E-state index in [2.05, 4.69) is 26.0 Å². The van der Waals surface area contributed by atoms with Crippen LogP contribution < -0.4 is 10.7 Å². The van der Waals surface area contributed by atoms with E-state index in [1.165, 1.54) is 6.21 Å². The number of hydrazone groups is 1. The molecule has 3 rings (SSSR count). The lowest BCUT2D eigenvalue weighted by molar-refractivity contribution is -0.394. The Kier molecular flexibility index (Phi) is 6.87. The zero-order valence-electron chi connectivity index (χ0n) is 16.0. The van der Waals surface area contributed by atoms with Crippen LogP contribution in [0.5, 0.6) is 0 Å². The number of carbonyl (C=O) groups is 2. The number of benzene rings is 2. The maximum atomic E-state index is 12.4. The molecule has 162 valence electrons. The van der Waals surface area contributed by atoms with Crippen molar-refractivity contribution in [3.05, 3.63) is 84.9 Å². The third-order valence-electron chi connectivity index (χ3n) is 3.83. The maximum Gasteiger partial charge on any atom is 0.289 e. The van der Waals surface area contributed by atoms with Gasteiger partial charge in [0.1, 0.15) is 10.6 Å². The molecule has 13 nitrogen and oxygen atoms in total. The molecule has 0 saturated heterocycles. The number of nitro benzene ring substituents is 2. The third-order valence-corrected chi connectivity index (χ3v) is 4.67. The van der Waals surface area contributed by atoms with E-state index in [4.69, 9.17) is 0 Å². The Bertz CT molecular complexity index is 1210. The van der Waals surface area contributed by atoms with Crippen LogP contribution in [0.25, 0.3) is 0 Å². The van der Waals surface area contributed by atoms with Gasteiger partial charge in [-0.25, -0.2) is 5.43 Å². The van der Waals surface area contributed by atoms with Gasteiger partial charge in [-0.2, -0.15) is 5.10 Å². The number of nitrogens with zero attached hydrogens (tertiary/aromatic N) is 5. The van der Waals surface area contributed by atoms with Crippen LogP contribution in [0.4, 0.5) is 16.5 Å². The molecule has 0 spiro atoms. The molecule has 2 aromatic carbocycles. The SMILES string of the molecule is O=C(Cc1nnc(NC(=O)c2ccc([N+](=O)[O-])cc2[N+](=O)[O-])s1)N/N=C\c1ccccc1. The fourth-order valence-corrected chi connectivity index (χ4v) is 3.14. The van der Waals surface area contributed by atoms with Crippen molar-refractivity contribution in [2.24, 2.45) is 5.10 Å². The number of nitrogens with one attached hydrogen (secondary N) is 2. The largest absolute Gasteiger partial charge is 0.296 e. The monoisotopic (exact) mass is 455 g/mol. The first-order valence-electron chi connectivity index (χ1n) is 8.77. The van der Waals surface area contributed by atoms with E-state index in [0.717, 1.165) is 29.0 Å². The quantitative estimate of drug-likeness (QED) is 0.294. The predicted octanol–water partition coefficient (Wildman–Crippen LogP) is 2.30. The second-order valence-electron chi connectivity index (χ2n) is 6.05. The van der Waals surface area contributed by atoms with Gasteiger partial charge in [-0.3, -0.25) is 35.1 Å². The molecule has 0 aliphatic rings. The summed E-state index contributed by atoms with van der Waals surface area (Å²) in [4.78, 5) is 44.6. The number of anilines is 1. The van der Waals surface area contributed by atoms with Crippen LogP contribution in [-0.2, 0) is 11.2 Å². The molecule has 1 aromatic heterocycles. The first kappa shape index (κ1) is 22.1. The molecule has 2 N–H and O–H groups in total. The molecule has 3 aromatic rings. The zero-order valence-corrected chi connectivity index (χ0v) is 16.8. The molecule has 0 radical (unpaired) electrons. The van der Waals surface area contributed by atoms with Crippen LogP contribution in [0.1, 0.15) is 20.9 Å². The lowest BCUT2D eigenvalue weighted by Gasteiger charge is -2.02. The molecule has 2 amide bonds. The predicted molar refractivity (Wildman–Crippen MR) is 113 cm³/mol. The molecular weight excluding hydrogens is 442 g/mol. The van der Waals surface area contributed by atoms with Crippen LogP contribution in [0.2, 0.25) is 0 Å². The highest BCUT2D eigenvalue weighted by Crippen LogP contribution is 2.26. The van der Waals surface area contributed by atoms with Gasteiger partial charge in [-0.1, -0.05) is 41.7 Å². The van der Waals surface area contributed by atoms with E-state index in [1.54, 1.807) is 0 Å². The summed E-state index contributed by atoms with van der Waals surface area (Å²) < 4.78 is 0. The van der Waals surface area contributed by atoms with Gasteiger partial charge in [0.05, 0.1) is 28.5 Å². The summed E-state index contributed by atoms with van der Waals surface area (Å²) in [5.74, 6) is -1.36. The Morgan fingerprint density at radius 2 is 1.81 bits per heavy atom. The Hall–Kier alpha value is -4.59. The minimum absolute atomic E-state index is 0.00163. The summed E-state index contributed by atoms with van der Waals surface area (Å²) in [6, 6.07) is 11.8. The van der Waals surface area contributed by atoms with Gasteiger partial charge < -0.3 is 0 Å². The van der Waals surface area contributed by atoms with Crippen LogP contribution in [0.3, 0.4) is 0 Å². The highest BCUT2D eigenvalue weighted by molar-refractivity contribution is 7.15. The molecule has 0 aliphatic heterocycles. The standard InChI is InChI=1S/C18H13N7O6S/c26-15(21-19-10-11-4-2-1-3-5-11)9-16-22-23-18(32-16)20-17(27)13-7-6-12(24(28)29)8-14(13)25(30)31/h1-8,10H,9H2,(H,21,26)(H,20,23,27)/b19-10-. The van der Waals surface area contributed by atoms with Crippen molar-refractivity contribution in [1.29, 1.82) is 0 Å². The first-order valence-corrected chi connectivity index (χ1v) is 9.58. The Labute approximate surface area is 183 Å². The summed E-state index contributed by atoms with van der Waals surface area (Å²) >= 11 is 0.891. The molecule has 1 heterocycles. The molecule has 32 heavy (non-hydrogen) atoms. The van der Waals surface area contributed by atoms with Crippen molar-refractivity contribution < 1.29 is 19.4 Å². The second kappa shape index (κ2) is 9.94. The van der Waals surface area contributed by atoms with E-state index < -0.39 is 33.0 Å². The van der Waals surface area contributed by atoms with Crippen molar-refractivity contribution in [2.45, 2.75) is 6.42 Å². The van der Waals surface area contributed by atoms with Crippen LogP contribution in [0, 0.1) is 20.2 Å². The van der Waals surface area contributed by atoms with Gasteiger partial charge >= 0.3 is 0 Å². The molecule has 0 fully saturated rings. The van der Waals surface area contributed by atoms with Crippen molar-refractivity contribution in [3.63, 3.8) is 0 Å². The second-order valence-corrected chi connectivity index (χ2v) is 7.11. The highest BCUT2D eigenvalue weighted by atomic mass is 32.1. The topological polar surface area (TPSA) is 183 Å². The fourth-order valence-electron chi connectivity index (χ4n) is 2.41. The van der Waals surface area contributed by atoms with Gasteiger partial charge in [-0.05, 0) is 11.6 Å².